The molecular formula is C19H30O3. The smallest absolute Gasteiger partial charge is 0.335 e. The van der Waals surface area contributed by atoms with Gasteiger partial charge in [-0.25, -0.2) is 4.79 Å². The van der Waals surface area contributed by atoms with E-state index in [4.69, 9.17) is 5.11 Å². The molecule has 0 heterocycles. The molecule has 0 saturated carbocycles. The number of hydrogen-bond acceptors (Lipinski definition) is 2. The Balaban J connectivity index is 2.12. The van der Waals surface area contributed by atoms with Crippen LogP contribution in [0.1, 0.15) is 87.1 Å². The standard InChI is InChI=1S/C19H30O3/c1-2-3-4-5-6-7-8-9-10-11-12-16-15-17(19(21)22)13-14-18(16)20/h13-15,20H,2-12H2,1H3,(H,21,22). The molecule has 0 saturated heterocycles. The summed E-state index contributed by atoms with van der Waals surface area (Å²) in [6.45, 7) is 2.24. The number of aromatic carboxylic acids is 1. The lowest BCUT2D eigenvalue weighted by Crippen LogP contribution is -1.98. The summed E-state index contributed by atoms with van der Waals surface area (Å²) in [7, 11) is 0. The van der Waals surface area contributed by atoms with Gasteiger partial charge in [-0.3, -0.25) is 0 Å². The van der Waals surface area contributed by atoms with E-state index in [1.807, 2.05) is 0 Å². The predicted molar refractivity (Wildman–Crippen MR) is 90.6 cm³/mol. The predicted octanol–water partition coefficient (Wildman–Crippen LogP) is 5.55. The maximum absolute atomic E-state index is 10.9. The van der Waals surface area contributed by atoms with Crippen molar-refractivity contribution >= 4 is 5.97 Å². The molecule has 1 aromatic rings. The van der Waals surface area contributed by atoms with Crippen LogP contribution < -0.4 is 0 Å². The molecule has 0 aromatic heterocycles. The SMILES string of the molecule is CCCCCCCCCCCCc1cc(C(=O)O)ccc1O. The summed E-state index contributed by atoms with van der Waals surface area (Å²) in [5.41, 5.74) is 0.999. The van der Waals surface area contributed by atoms with Gasteiger partial charge in [-0.15, -0.1) is 0 Å². The Hall–Kier alpha value is -1.51. The normalized spacial score (nSPS) is 10.8. The molecule has 0 fully saturated rings. The number of aryl methyl sites for hydroxylation is 1. The third-order valence-electron chi connectivity index (χ3n) is 4.13. The zero-order chi connectivity index (χ0) is 16.2. The van der Waals surface area contributed by atoms with Crippen LogP contribution in [0, 0.1) is 0 Å². The summed E-state index contributed by atoms with van der Waals surface area (Å²) in [6.07, 6.45) is 13.5. The van der Waals surface area contributed by atoms with Gasteiger partial charge in [-0.2, -0.15) is 0 Å². The van der Waals surface area contributed by atoms with Gasteiger partial charge in [0.1, 0.15) is 5.75 Å². The van der Waals surface area contributed by atoms with Crippen LogP contribution in [-0.4, -0.2) is 16.2 Å². The highest BCUT2D eigenvalue weighted by molar-refractivity contribution is 5.88. The van der Waals surface area contributed by atoms with Gasteiger partial charge >= 0.3 is 5.97 Å². The Labute approximate surface area is 134 Å². The van der Waals surface area contributed by atoms with E-state index in [1.54, 1.807) is 6.07 Å². The van der Waals surface area contributed by atoms with Crippen LogP contribution in [0.5, 0.6) is 5.75 Å². The highest BCUT2D eigenvalue weighted by Crippen LogP contribution is 2.21. The summed E-state index contributed by atoms with van der Waals surface area (Å²) in [5, 5.41) is 18.7. The van der Waals surface area contributed by atoms with Crippen molar-refractivity contribution in [3.63, 3.8) is 0 Å². The first-order chi connectivity index (χ1) is 10.6. The Morgan fingerprint density at radius 1 is 0.909 bits per heavy atom. The third kappa shape index (κ3) is 7.48. The minimum atomic E-state index is -0.940. The summed E-state index contributed by atoms with van der Waals surface area (Å²) < 4.78 is 0. The van der Waals surface area contributed by atoms with Crippen molar-refractivity contribution in [3.8, 4) is 5.75 Å². The molecule has 0 atom stereocenters. The van der Waals surface area contributed by atoms with Crippen molar-refractivity contribution in [2.24, 2.45) is 0 Å². The van der Waals surface area contributed by atoms with Gasteiger partial charge in [0.05, 0.1) is 5.56 Å². The fourth-order valence-electron chi connectivity index (χ4n) is 2.72. The number of aromatic hydroxyl groups is 1. The molecule has 0 bridgehead atoms. The summed E-state index contributed by atoms with van der Waals surface area (Å²) in [5.74, 6) is -0.731. The quantitative estimate of drug-likeness (QED) is 0.497. The van der Waals surface area contributed by atoms with Gasteiger partial charge in [0, 0.05) is 0 Å². The molecule has 0 aliphatic heterocycles. The number of rotatable bonds is 12. The first-order valence-corrected chi connectivity index (χ1v) is 8.70. The number of phenolic OH excluding ortho intramolecular Hbond substituents is 1. The maximum Gasteiger partial charge on any atom is 0.335 e. The summed E-state index contributed by atoms with van der Waals surface area (Å²) in [4.78, 5) is 10.9. The number of carboxylic acid groups (broad SMARTS) is 1. The van der Waals surface area contributed by atoms with Crippen LogP contribution in [0.4, 0.5) is 0 Å². The van der Waals surface area contributed by atoms with E-state index in [1.165, 1.54) is 63.5 Å². The number of carbonyl (C=O) groups is 1. The van der Waals surface area contributed by atoms with Crippen LogP contribution in [-0.2, 0) is 6.42 Å². The minimum absolute atomic E-state index is 0.209. The average Bonchev–Trinajstić information content (AvgIpc) is 2.50. The van der Waals surface area contributed by atoms with Gasteiger partial charge in [0.25, 0.3) is 0 Å². The molecular weight excluding hydrogens is 276 g/mol. The van der Waals surface area contributed by atoms with E-state index in [0.29, 0.717) is 0 Å². The zero-order valence-corrected chi connectivity index (χ0v) is 13.8. The molecule has 1 rings (SSSR count). The third-order valence-corrected chi connectivity index (χ3v) is 4.13. The first kappa shape index (κ1) is 18.5. The highest BCUT2D eigenvalue weighted by Gasteiger charge is 2.07. The first-order valence-electron chi connectivity index (χ1n) is 8.70. The number of unbranched alkanes of at least 4 members (excludes halogenated alkanes) is 9. The van der Waals surface area contributed by atoms with Crippen LogP contribution in [0.25, 0.3) is 0 Å². The fourth-order valence-corrected chi connectivity index (χ4v) is 2.72. The Kier molecular flexibility index (Phi) is 9.36. The monoisotopic (exact) mass is 306 g/mol. The molecule has 3 heteroatoms. The number of phenols is 1. The molecule has 22 heavy (non-hydrogen) atoms. The Bertz CT molecular complexity index is 440. The van der Waals surface area contributed by atoms with Crippen molar-refractivity contribution < 1.29 is 15.0 Å². The van der Waals surface area contributed by atoms with E-state index in [-0.39, 0.29) is 11.3 Å². The van der Waals surface area contributed by atoms with Gasteiger partial charge < -0.3 is 10.2 Å². The second kappa shape index (κ2) is 11.1. The summed E-state index contributed by atoms with van der Waals surface area (Å²) >= 11 is 0. The highest BCUT2D eigenvalue weighted by atomic mass is 16.4. The van der Waals surface area contributed by atoms with E-state index in [9.17, 15) is 9.90 Å². The molecule has 0 spiro atoms. The molecule has 1 aromatic carbocycles. The van der Waals surface area contributed by atoms with E-state index >= 15 is 0 Å². The van der Waals surface area contributed by atoms with E-state index in [0.717, 1.165) is 24.8 Å². The molecule has 0 amide bonds. The topological polar surface area (TPSA) is 57.5 Å². The fraction of sp³-hybridized carbons (Fsp3) is 0.632. The largest absolute Gasteiger partial charge is 0.508 e. The Morgan fingerprint density at radius 2 is 1.45 bits per heavy atom. The zero-order valence-electron chi connectivity index (χ0n) is 13.8. The molecule has 124 valence electrons. The van der Waals surface area contributed by atoms with Crippen molar-refractivity contribution in [1.82, 2.24) is 0 Å². The average molecular weight is 306 g/mol. The van der Waals surface area contributed by atoms with Crippen molar-refractivity contribution in [2.75, 3.05) is 0 Å². The van der Waals surface area contributed by atoms with Crippen LogP contribution in [0.15, 0.2) is 18.2 Å². The molecule has 0 aliphatic rings. The van der Waals surface area contributed by atoms with E-state index < -0.39 is 5.97 Å². The second-order valence-electron chi connectivity index (χ2n) is 6.08. The van der Waals surface area contributed by atoms with Crippen molar-refractivity contribution in [1.29, 1.82) is 0 Å². The molecule has 2 N–H and O–H groups in total. The second-order valence-corrected chi connectivity index (χ2v) is 6.08. The van der Waals surface area contributed by atoms with Gasteiger partial charge in [0.2, 0.25) is 0 Å². The number of benzene rings is 1. The number of carboxylic acids is 1. The molecule has 0 aliphatic carbocycles. The van der Waals surface area contributed by atoms with Gasteiger partial charge in [0.15, 0.2) is 0 Å². The van der Waals surface area contributed by atoms with Crippen LogP contribution >= 0.6 is 0 Å². The number of hydrogen-bond donors (Lipinski definition) is 2. The van der Waals surface area contributed by atoms with Crippen LogP contribution in [0.2, 0.25) is 0 Å². The van der Waals surface area contributed by atoms with Gasteiger partial charge in [-0.1, -0.05) is 64.7 Å². The molecule has 0 radical (unpaired) electrons. The lowest BCUT2D eigenvalue weighted by molar-refractivity contribution is 0.0696. The maximum atomic E-state index is 10.9. The van der Waals surface area contributed by atoms with E-state index in [2.05, 4.69) is 6.92 Å². The van der Waals surface area contributed by atoms with Crippen LogP contribution in [0.3, 0.4) is 0 Å². The van der Waals surface area contributed by atoms with Crippen molar-refractivity contribution in [2.45, 2.75) is 77.6 Å². The minimum Gasteiger partial charge on any atom is -0.508 e. The molecule has 0 unspecified atom stereocenters. The Morgan fingerprint density at radius 3 is 2.00 bits per heavy atom. The lowest BCUT2D eigenvalue weighted by Gasteiger charge is -2.06. The summed E-state index contributed by atoms with van der Waals surface area (Å²) in [6, 6.07) is 4.51. The molecule has 3 nitrogen and oxygen atoms in total. The lowest BCUT2D eigenvalue weighted by atomic mass is 10.0. The van der Waals surface area contributed by atoms with Gasteiger partial charge in [-0.05, 0) is 36.6 Å². The van der Waals surface area contributed by atoms with Crippen molar-refractivity contribution in [3.05, 3.63) is 29.3 Å².